The Kier molecular flexibility index (Phi) is 6.80. The summed E-state index contributed by atoms with van der Waals surface area (Å²) in [6.45, 7) is -0.686. The van der Waals surface area contributed by atoms with Crippen LogP contribution in [-0.4, -0.2) is 37.0 Å². The lowest BCUT2D eigenvalue weighted by atomic mass is 9.96. The molecule has 1 heterocycles. The first-order valence-electron chi connectivity index (χ1n) is 9.47. The molecule has 1 amide bonds. The van der Waals surface area contributed by atoms with Crippen molar-refractivity contribution < 1.29 is 40.3 Å². The Bertz CT molecular complexity index is 926. The molecule has 174 valence electrons. The molecule has 0 radical (unpaired) electrons. The van der Waals surface area contributed by atoms with Crippen LogP contribution >= 0.6 is 0 Å². The van der Waals surface area contributed by atoms with Crippen LogP contribution in [-0.2, 0) is 28.5 Å². The second kappa shape index (κ2) is 9.07. The van der Waals surface area contributed by atoms with E-state index in [0.29, 0.717) is 17.7 Å². The summed E-state index contributed by atoms with van der Waals surface area (Å²) in [5, 5.41) is 3.00. The molecule has 4 nitrogen and oxygen atoms in total. The van der Waals surface area contributed by atoms with Gasteiger partial charge in [-0.1, -0.05) is 12.1 Å². The lowest BCUT2D eigenvalue weighted by molar-refractivity contribution is -0.143. The minimum Gasteiger partial charge on any atom is -0.375 e. The third kappa shape index (κ3) is 5.57. The molecular formula is C21H19F7N2O2. The molecule has 2 aromatic rings. The Hall–Kier alpha value is -2.66. The van der Waals surface area contributed by atoms with Gasteiger partial charge in [-0.15, -0.1) is 0 Å². The number of hydrogen-bond acceptors (Lipinski definition) is 3. The molecule has 0 spiro atoms. The van der Waals surface area contributed by atoms with Crippen LogP contribution in [0.3, 0.4) is 0 Å². The van der Waals surface area contributed by atoms with E-state index in [1.165, 1.54) is 36.2 Å². The summed E-state index contributed by atoms with van der Waals surface area (Å²) in [7, 11) is 1.51. The van der Waals surface area contributed by atoms with Gasteiger partial charge in [0.2, 0.25) is 5.91 Å². The summed E-state index contributed by atoms with van der Waals surface area (Å²) >= 11 is 0. The number of nitrogens with one attached hydrogen (secondary N) is 1. The van der Waals surface area contributed by atoms with Crippen LogP contribution < -0.4 is 5.32 Å². The molecule has 0 unspecified atom stereocenters. The van der Waals surface area contributed by atoms with Crippen LogP contribution in [0.5, 0.6) is 0 Å². The summed E-state index contributed by atoms with van der Waals surface area (Å²) in [6, 6.07) is 5.68. The van der Waals surface area contributed by atoms with E-state index in [-0.39, 0.29) is 30.7 Å². The Balaban J connectivity index is 1.78. The molecule has 1 N–H and O–H groups in total. The highest BCUT2D eigenvalue weighted by Gasteiger charge is 2.37. The summed E-state index contributed by atoms with van der Waals surface area (Å²) in [5.74, 6) is -0.720. The molecule has 2 atom stereocenters. The smallest absolute Gasteiger partial charge is 0.375 e. The highest BCUT2D eigenvalue weighted by Crippen LogP contribution is 2.36. The number of alkyl halides is 6. The molecule has 1 saturated heterocycles. The number of nitrogens with zero attached hydrogens (tertiary/aromatic N) is 1. The topological polar surface area (TPSA) is 41.6 Å². The molecule has 1 aliphatic heterocycles. The normalized spacial score (nSPS) is 20.0. The third-order valence-electron chi connectivity index (χ3n) is 5.18. The Morgan fingerprint density at radius 1 is 1.00 bits per heavy atom. The lowest BCUT2D eigenvalue weighted by Gasteiger charge is -2.39. The zero-order valence-electron chi connectivity index (χ0n) is 16.7. The number of rotatable bonds is 5. The van der Waals surface area contributed by atoms with Gasteiger partial charge in [-0.2, -0.15) is 26.3 Å². The summed E-state index contributed by atoms with van der Waals surface area (Å²) in [6.07, 6.45) is -9.91. The van der Waals surface area contributed by atoms with Gasteiger partial charge in [-0.25, -0.2) is 4.39 Å². The monoisotopic (exact) mass is 464 g/mol. The van der Waals surface area contributed by atoms with E-state index in [1.54, 1.807) is 0 Å². The zero-order chi connectivity index (χ0) is 23.7. The number of likely N-dealkylation sites (N-methyl/N-ethyl adjacent to an activating group) is 1. The first-order valence-corrected chi connectivity index (χ1v) is 9.47. The van der Waals surface area contributed by atoms with Crippen molar-refractivity contribution in [3.8, 4) is 0 Å². The minimum atomic E-state index is -4.95. The number of amides is 1. The minimum absolute atomic E-state index is 0.0115. The van der Waals surface area contributed by atoms with Crippen molar-refractivity contribution in [2.75, 3.05) is 20.2 Å². The number of halogens is 7. The average molecular weight is 464 g/mol. The van der Waals surface area contributed by atoms with Crippen molar-refractivity contribution >= 4 is 5.91 Å². The molecule has 1 aliphatic rings. The largest absolute Gasteiger partial charge is 0.416 e. The molecular weight excluding hydrogens is 445 g/mol. The number of piperazine rings is 1. The van der Waals surface area contributed by atoms with Crippen LogP contribution in [0.2, 0.25) is 0 Å². The van der Waals surface area contributed by atoms with Gasteiger partial charge in [0, 0.05) is 7.05 Å². The standard InChI is InChI=1S/C21H19F7N2O2/c1-30-17(19(29-9-18(30)31)13-2-4-16(22)5-3-13)11-32-10-12-6-14(20(23,24)25)8-15(7-12)21(26,27)28/h2-8,17,19,29H,9-11H2,1H3/t17-,19+/m1/s1. The highest BCUT2D eigenvalue weighted by molar-refractivity contribution is 5.79. The zero-order valence-corrected chi connectivity index (χ0v) is 16.7. The maximum atomic E-state index is 13.2. The predicted octanol–water partition coefficient (Wildman–Crippen LogP) is 4.55. The molecule has 0 saturated carbocycles. The van der Waals surface area contributed by atoms with Crippen molar-refractivity contribution in [1.82, 2.24) is 10.2 Å². The van der Waals surface area contributed by atoms with E-state index >= 15 is 0 Å². The van der Waals surface area contributed by atoms with Gasteiger partial charge in [0.05, 0.1) is 43.0 Å². The molecule has 32 heavy (non-hydrogen) atoms. The Labute approximate surface area is 179 Å². The van der Waals surface area contributed by atoms with E-state index in [0.717, 1.165) is 0 Å². The SMILES string of the molecule is CN1C(=O)CN[C@@H](c2ccc(F)cc2)[C@H]1COCc1cc(C(F)(F)F)cc(C(F)(F)F)c1. The lowest BCUT2D eigenvalue weighted by Crippen LogP contribution is -2.56. The van der Waals surface area contributed by atoms with E-state index in [4.69, 9.17) is 4.74 Å². The van der Waals surface area contributed by atoms with Crippen LogP contribution in [0, 0.1) is 5.82 Å². The van der Waals surface area contributed by atoms with Gasteiger partial charge in [0.1, 0.15) is 5.82 Å². The van der Waals surface area contributed by atoms with Gasteiger partial charge in [-0.05, 0) is 41.5 Å². The highest BCUT2D eigenvalue weighted by atomic mass is 19.4. The fraction of sp³-hybridized carbons (Fsp3) is 0.381. The van der Waals surface area contributed by atoms with Crippen molar-refractivity contribution in [2.45, 2.75) is 31.0 Å². The maximum Gasteiger partial charge on any atom is 0.416 e. The quantitative estimate of drug-likeness (QED) is 0.661. The fourth-order valence-corrected chi connectivity index (χ4v) is 3.48. The van der Waals surface area contributed by atoms with Crippen LogP contribution in [0.4, 0.5) is 30.7 Å². The van der Waals surface area contributed by atoms with Crippen molar-refractivity contribution in [1.29, 1.82) is 0 Å². The summed E-state index contributed by atoms with van der Waals surface area (Å²) in [5.41, 5.74) is -2.51. The molecule has 3 rings (SSSR count). The predicted molar refractivity (Wildman–Crippen MR) is 99.8 cm³/mol. The molecule has 0 aromatic heterocycles. The van der Waals surface area contributed by atoms with Gasteiger partial charge < -0.3 is 9.64 Å². The molecule has 0 bridgehead atoms. The number of benzene rings is 2. The van der Waals surface area contributed by atoms with E-state index < -0.39 is 48.0 Å². The van der Waals surface area contributed by atoms with E-state index in [9.17, 15) is 35.5 Å². The van der Waals surface area contributed by atoms with Gasteiger partial charge in [0.15, 0.2) is 0 Å². The second-order valence-electron chi connectivity index (χ2n) is 7.41. The summed E-state index contributed by atoms with van der Waals surface area (Å²) < 4.78 is 96.8. The fourth-order valence-electron chi connectivity index (χ4n) is 3.48. The number of hydrogen-bond donors (Lipinski definition) is 1. The average Bonchev–Trinajstić information content (AvgIpc) is 2.70. The van der Waals surface area contributed by atoms with Gasteiger partial charge >= 0.3 is 12.4 Å². The Morgan fingerprint density at radius 3 is 2.09 bits per heavy atom. The van der Waals surface area contributed by atoms with Crippen molar-refractivity contribution in [2.24, 2.45) is 0 Å². The first-order chi connectivity index (χ1) is 14.9. The van der Waals surface area contributed by atoms with Gasteiger partial charge in [0.25, 0.3) is 0 Å². The van der Waals surface area contributed by atoms with Gasteiger partial charge in [-0.3, -0.25) is 10.1 Å². The molecule has 0 aliphatic carbocycles. The van der Waals surface area contributed by atoms with Crippen LogP contribution in [0.15, 0.2) is 42.5 Å². The van der Waals surface area contributed by atoms with E-state index in [1.807, 2.05) is 0 Å². The second-order valence-corrected chi connectivity index (χ2v) is 7.41. The molecule has 11 heteroatoms. The van der Waals surface area contributed by atoms with Crippen LogP contribution in [0.1, 0.15) is 28.3 Å². The Morgan fingerprint density at radius 2 is 1.56 bits per heavy atom. The molecule has 2 aromatic carbocycles. The number of ether oxygens (including phenoxy) is 1. The van der Waals surface area contributed by atoms with Crippen molar-refractivity contribution in [3.05, 3.63) is 70.5 Å². The molecule has 1 fully saturated rings. The van der Waals surface area contributed by atoms with Crippen LogP contribution in [0.25, 0.3) is 0 Å². The number of carbonyl (C=O) groups is 1. The maximum absolute atomic E-state index is 13.2. The first kappa shape index (κ1) is 24.0. The summed E-state index contributed by atoms with van der Waals surface area (Å²) in [4.78, 5) is 13.5. The van der Waals surface area contributed by atoms with Crippen molar-refractivity contribution in [3.63, 3.8) is 0 Å². The third-order valence-corrected chi connectivity index (χ3v) is 5.18. The van der Waals surface area contributed by atoms with E-state index in [2.05, 4.69) is 5.32 Å². The number of carbonyl (C=O) groups excluding carboxylic acids is 1.